The molecule has 0 spiro atoms. The maximum Gasteiger partial charge on any atom is 0.311 e. The van der Waals surface area contributed by atoms with Gasteiger partial charge in [-0.05, 0) is 91.6 Å². The molecule has 15 nitrogen and oxygen atoms in total. The van der Waals surface area contributed by atoms with Crippen LogP contribution in [-0.2, 0) is 42.8 Å². The average molecular weight is 885 g/mol. The normalized spacial score (nSPS) is 41.0. The zero-order valence-corrected chi connectivity index (χ0v) is 39.8. The maximum atomic E-state index is 14.4. The molecule has 4 heterocycles. The maximum absolute atomic E-state index is 14.4. The molecule has 0 radical (unpaired) electrons. The van der Waals surface area contributed by atoms with E-state index < -0.39 is 78.2 Å². The minimum absolute atomic E-state index is 0.124. The van der Waals surface area contributed by atoms with E-state index in [-0.39, 0.29) is 36.4 Å². The smallest absolute Gasteiger partial charge is 0.311 e. The molecule has 4 unspecified atom stereocenters. The number of nitrogens with zero attached hydrogens (tertiary/aromatic N) is 2. The van der Waals surface area contributed by atoms with Gasteiger partial charge in [0.15, 0.2) is 12.6 Å². The van der Waals surface area contributed by atoms with Crippen LogP contribution in [0.1, 0.15) is 100 Å². The van der Waals surface area contributed by atoms with E-state index in [1.807, 2.05) is 78.0 Å². The van der Waals surface area contributed by atoms with Crippen LogP contribution in [0.5, 0.6) is 0 Å². The number of aliphatic hydroxyl groups excluding tert-OH is 2. The topological polar surface area (TPSA) is 181 Å². The Morgan fingerprint density at radius 1 is 0.984 bits per heavy atom. The van der Waals surface area contributed by atoms with Crippen LogP contribution in [0.25, 0.3) is 17.0 Å². The number of oxime groups is 1. The number of nitrogens with one attached hydrogen (secondary N) is 2. The van der Waals surface area contributed by atoms with Crippen LogP contribution >= 0.6 is 0 Å². The molecule has 0 aliphatic carbocycles. The highest BCUT2D eigenvalue weighted by molar-refractivity contribution is 5.88. The van der Waals surface area contributed by atoms with E-state index >= 15 is 0 Å². The number of benzene rings is 1. The molecule has 3 fully saturated rings. The molecular formula is C48H76N4O11. The van der Waals surface area contributed by atoms with Crippen molar-refractivity contribution in [3.8, 4) is 0 Å². The molecule has 5 rings (SSSR count). The minimum Gasteiger partial charge on any atom is -0.460 e. The second-order valence-corrected chi connectivity index (χ2v) is 18.7. The number of cyclic esters (lactones) is 1. The molecule has 0 amide bonds. The molecule has 3 saturated heterocycles. The van der Waals surface area contributed by atoms with Crippen molar-refractivity contribution in [3.63, 3.8) is 0 Å². The third-order valence-electron chi connectivity index (χ3n) is 13.8. The van der Waals surface area contributed by atoms with Crippen LogP contribution in [-0.4, -0.2) is 133 Å². The SMILES string of the molecule is CCC1OC(=O)[C@H](C)C(O[C@H]2C[C@@](C)(OC)[C@@H](O)[C@H](C)O2)[C@H](C)[C@@H](O[C@@H]2O[C@H](C)C[C@H](NC)[C@H]2O)[C@@](C)(OC)C[C@@H](C)/C(=N\O/C=C/c2cnc3ccccc3c2)C(C)CNC1C. The van der Waals surface area contributed by atoms with Gasteiger partial charge in [-0.15, -0.1) is 0 Å². The summed E-state index contributed by atoms with van der Waals surface area (Å²) in [5, 5.41) is 35.4. The highest BCUT2D eigenvalue weighted by atomic mass is 16.7. The average Bonchev–Trinajstić information content (AvgIpc) is 3.27. The number of carbonyl (C=O) groups is 1. The van der Waals surface area contributed by atoms with Gasteiger partial charge in [-0.2, -0.15) is 0 Å². The lowest BCUT2D eigenvalue weighted by atomic mass is 9.76. The van der Waals surface area contributed by atoms with Gasteiger partial charge in [0.1, 0.15) is 24.6 Å². The molecule has 0 saturated carbocycles. The fourth-order valence-corrected chi connectivity index (χ4v) is 9.66. The van der Waals surface area contributed by atoms with E-state index in [0.29, 0.717) is 25.8 Å². The number of rotatable bonds is 11. The standard InChI is InChI=1S/C48H76N4O11/c1-14-38-32(7)50-25-28(3)40(52-58-20-19-34-22-35-17-15-16-18-36(35)51-26-34)27(2)23-48(10,57-13)44(63-46-41(53)37(49-11)21-29(4)59-46)30(5)42(31(6)45(55)61-38)62-39-24-47(9,56-12)43(54)33(8)60-39/h15-20,22,26-33,37-39,41-44,46,49-50,53-54H,14,21,23-25H2,1-13H3/b20-19+,52-40+/t27-,28?,29-,30+,31-,32?,33+,37+,38?,39+,41-,42?,43+,44-,46+,47-,48+/m1/s1. The Kier molecular flexibility index (Phi) is 18.1. The Hall–Kier alpha value is -3.09. The molecule has 1 aromatic heterocycles. The molecule has 0 bridgehead atoms. The van der Waals surface area contributed by atoms with Gasteiger partial charge in [0, 0.05) is 68.6 Å². The fourth-order valence-electron chi connectivity index (χ4n) is 9.66. The van der Waals surface area contributed by atoms with Crippen molar-refractivity contribution in [2.24, 2.45) is 28.8 Å². The first-order valence-corrected chi connectivity index (χ1v) is 22.8. The summed E-state index contributed by atoms with van der Waals surface area (Å²) in [5.41, 5.74) is 0.488. The zero-order chi connectivity index (χ0) is 46.2. The van der Waals surface area contributed by atoms with Crippen molar-refractivity contribution in [2.75, 3.05) is 27.8 Å². The molecule has 17 atom stereocenters. The van der Waals surface area contributed by atoms with E-state index in [1.165, 1.54) is 0 Å². The van der Waals surface area contributed by atoms with Crippen LogP contribution in [0.4, 0.5) is 0 Å². The molecule has 3 aliphatic heterocycles. The number of para-hydroxylation sites is 1. The van der Waals surface area contributed by atoms with Crippen LogP contribution in [0, 0.1) is 23.7 Å². The first-order chi connectivity index (χ1) is 29.9. The first-order valence-electron chi connectivity index (χ1n) is 22.8. The van der Waals surface area contributed by atoms with Crippen LogP contribution in [0.3, 0.4) is 0 Å². The predicted octanol–water partition coefficient (Wildman–Crippen LogP) is 5.99. The monoisotopic (exact) mass is 885 g/mol. The Morgan fingerprint density at radius 2 is 1.70 bits per heavy atom. The number of esters is 1. The minimum atomic E-state index is -1.10. The van der Waals surface area contributed by atoms with Gasteiger partial charge < -0.3 is 58.8 Å². The number of likely N-dealkylation sites (N-methyl/N-ethyl adjacent to an activating group) is 1. The summed E-state index contributed by atoms with van der Waals surface area (Å²) in [4.78, 5) is 25.0. The molecule has 2 aromatic rings. The molecule has 4 N–H and O–H groups in total. The number of methoxy groups -OCH3 is 2. The summed E-state index contributed by atoms with van der Waals surface area (Å²) in [6.07, 6.45) is 0.0282. The Morgan fingerprint density at radius 3 is 2.38 bits per heavy atom. The van der Waals surface area contributed by atoms with Crippen molar-refractivity contribution in [1.29, 1.82) is 0 Å². The van der Waals surface area contributed by atoms with E-state index in [1.54, 1.807) is 47.6 Å². The van der Waals surface area contributed by atoms with Gasteiger partial charge in [0.2, 0.25) is 0 Å². The number of carbonyl (C=O) groups excluding carboxylic acids is 1. The quantitative estimate of drug-likeness (QED) is 0.118. The number of hydrogen-bond donors (Lipinski definition) is 4. The van der Waals surface area contributed by atoms with Crippen LogP contribution in [0.15, 0.2) is 47.9 Å². The van der Waals surface area contributed by atoms with Crippen molar-refractivity contribution in [3.05, 3.63) is 48.4 Å². The zero-order valence-electron chi connectivity index (χ0n) is 39.8. The van der Waals surface area contributed by atoms with Gasteiger partial charge in [-0.1, -0.05) is 51.0 Å². The van der Waals surface area contributed by atoms with Crippen molar-refractivity contribution < 1.29 is 53.0 Å². The van der Waals surface area contributed by atoms with E-state index in [2.05, 4.69) is 29.5 Å². The number of pyridine rings is 1. The predicted molar refractivity (Wildman–Crippen MR) is 242 cm³/mol. The van der Waals surface area contributed by atoms with Gasteiger partial charge in [-0.3, -0.25) is 9.78 Å². The van der Waals surface area contributed by atoms with Crippen LogP contribution in [0.2, 0.25) is 0 Å². The second-order valence-electron chi connectivity index (χ2n) is 18.7. The lowest BCUT2D eigenvalue weighted by Crippen LogP contribution is -2.60. The lowest BCUT2D eigenvalue weighted by Gasteiger charge is -2.49. The molecule has 63 heavy (non-hydrogen) atoms. The Bertz CT molecular complexity index is 1840. The number of aliphatic hydroxyl groups is 2. The number of ether oxygens (including phenoxy) is 7. The second kappa shape index (κ2) is 22.4. The van der Waals surface area contributed by atoms with Gasteiger partial charge in [0.25, 0.3) is 0 Å². The third kappa shape index (κ3) is 12.2. The van der Waals surface area contributed by atoms with Crippen molar-refractivity contribution in [2.45, 2.75) is 174 Å². The molecule has 354 valence electrons. The van der Waals surface area contributed by atoms with Crippen molar-refractivity contribution in [1.82, 2.24) is 15.6 Å². The molecule has 3 aliphatic rings. The molecular weight excluding hydrogens is 809 g/mol. The fraction of sp³-hybridized carbons (Fsp3) is 0.729. The summed E-state index contributed by atoms with van der Waals surface area (Å²) in [6.45, 7) is 20.0. The Labute approximate surface area is 374 Å². The van der Waals surface area contributed by atoms with E-state index in [4.69, 9.17) is 43.2 Å². The highest BCUT2D eigenvalue weighted by Crippen LogP contribution is 2.41. The van der Waals surface area contributed by atoms with Gasteiger partial charge in [-0.25, -0.2) is 0 Å². The Balaban J connectivity index is 1.58. The number of fused-ring (bicyclic) bond motifs is 1. The summed E-state index contributed by atoms with van der Waals surface area (Å²) in [6, 6.07) is 9.49. The summed E-state index contributed by atoms with van der Waals surface area (Å²) in [5.74, 6) is -2.24. The van der Waals surface area contributed by atoms with E-state index in [0.717, 1.165) is 22.2 Å². The van der Waals surface area contributed by atoms with Gasteiger partial charge in [0.05, 0.1) is 52.8 Å². The van der Waals surface area contributed by atoms with Crippen LogP contribution < -0.4 is 10.6 Å². The highest BCUT2D eigenvalue weighted by Gasteiger charge is 2.52. The molecule has 15 heteroatoms. The number of aromatic nitrogens is 1. The summed E-state index contributed by atoms with van der Waals surface area (Å²) >= 11 is 0. The van der Waals surface area contributed by atoms with E-state index in [9.17, 15) is 15.0 Å². The summed E-state index contributed by atoms with van der Waals surface area (Å²) in [7, 11) is 5.00. The lowest BCUT2D eigenvalue weighted by molar-refractivity contribution is -0.317. The van der Waals surface area contributed by atoms with Gasteiger partial charge >= 0.3 is 5.97 Å². The number of hydrogen-bond acceptors (Lipinski definition) is 15. The largest absolute Gasteiger partial charge is 0.460 e. The third-order valence-corrected chi connectivity index (χ3v) is 13.8. The summed E-state index contributed by atoms with van der Waals surface area (Å²) < 4.78 is 45.3. The van der Waals surface area contributed by atoms with Crippen molar-refractivity contribution >= 4 is 28.7 Å². The molecule has 1 aromatic carbocycles. The first kappa shape index (κ1) is 50.9.